The molecule has 3 heteroatoms. The maximum absolute atomic E-state index is 5.80. The van der Waals surface area contributed by atoms with E-state index in [9.17, 15) is 0 Å². The molecule has 88 valence electrons. The number of epoxide rings is 1. The van der Waals surface area contributed by atoms with Crippen molar-refractivity contribution >= 4 is 31.9 Å². The van der Waals surface area contributed by atoms with E-state index in [1.54, 1.807) is 0 Å². The molecule has 1 aliphatic carbocycles. The van der Waals surface area contributed by atoms with Gasteiger partial charge in [0.25, 0.3) is 0 Å². The molecule has 0 bridgehead atoms. The van der Waals surface area contributed by atoms with Gasteiger partial charge in [-0.15, -0.1) is 0 Å². The summed E-state index contributed by atoms with van der Waals surface area (Å²) in [7, 11) is 0. The van der Waals surface area contributed by atoms with E-state index in [1.807, 2.05) is 6.07 Å². The molecule has 0 saturated carbocycles. The van der Waals surface area contributed by atoms with Crippen LogP contribution in [0.1, 0.15) is 12.0 Å². The molecule has 0 N–H and O–H groups in total. The summed E-state index contributed by atoms with van der Waals surface area (Å²) in [6.07, 6.45) is 7.61. The minimum Gasteiger partial charge on any atom is -0.364 e. The van der Waals surface area contributed by atoms with E-state index in [2.05, 4.69) is 68.3 Å². The summed E-state index contributed by atoms with van der Waals surface area (Å²) in [6.45, 7) is 0.818. The molecule has 0 spiro atoms. The highest BCUT2D eigenvalue weighted by atomic mass is 79.9. The third-order valence-corrected chi connectivity index (χ3v) is 4.42. The topological polar surface area (TPSA) is 12.5 Å². The smallest absolute Gasteiger partial charge is 0.123 e. The minimum absolute atomic E-state index is 0.104. The Kier molecular flexibility index (Phi) is 3.01. The second-order valence-electron chi connectivity index (χ2n) is 4.48. The molecule has 1 aromatic carbocycles. The number of benzene rings is 1. The number of hydrogen-bond donors (Lipinski definition) is 0. The van der Waals surface area contributed by atoms with Crippen LogP contribution >= 0.6 is 31.9 Å². The lowest BCUT2D eigenvalue weighted by molar-refractivity contribution is 0.248. The second kappa shape index (κ2) is 4.38. The van der Waals surface area contributed by atoms with Gasteiger partial charge in [0.05, 0.1) is 6.61 Å². The molecule has 1 saturated heterocycles. The fourth-order valence-corrected chi connectivity index (χ4v) is 3.30. The van der Waals surface area contributed by atoms with Crippen molar-refractivity contribution in [2.45, 2.75) is 12.0 Å². The molecule has 2 atom stereocenters. The van der Waals surface area contributed by atoms with Gasteiger partial charge in [-0.1, -0.05) is 62.2 Å². The van der Waals surface area contributed by atoms with Gasteiger partial charge in [0, 0.05) is 14.9 Å². The van der Waals surface area contributed by atoms with E-state index < -0.39 is 0 Å². The van der Waals surface area contributed by atoms with Crippen LogP contribution in [-0.2, 0) is 10.3 Å². The van der Waals surface area contributed by atoms with Crippen LogP contribution < -0.4 is 0 Å². The quantitative estimate of drug-likeness (QED) is 0.710. The Hall–Kier alpha value is -0.380. The molecule has 1 heterocycles. The Bertz CT molecular complexity index is 501. The summed E-state index contributed by atoms with van der Waals surface area (Å²) >= 11 is 7.07. The van der Waals surface area contributed by atoms with Crippen LogP contribution in [0.4, 0.5) is 0 Å². The molecule has 2 aliphatic rings. The average Bonchev–Trinajstić information content (AvgIpc) is 3.10. The normalized spacial score (nSPS) is 31.2. The third kappa shape index (κ3) is 2.16. The van der Waals surface area contributed by atoms with E-state index in [-0.39, 0.29) is 5.60 Å². The van der Waals surface area contributed by atoms with Crippen LogP contribution in [0.2, 0.25) is 0 Å². The second-order valence-corrected chi connectivity index (χ2v) is 6.32. The van der Waals surface area contributed by atoms with Gasteiger partial charge < -0.3 is 4.74 Å². The van der Waals surface area contributed by atoms with E-state index in [0.29, 0.717) is 5.92 Å². The zero-order valence-electron chi connectivity index (χ0n) is 9.20. The first-order valence-electron chi connectivity index (χ1n) is 5.64. The molecular weight excluding hydrogens is 344 g/mol. The van der Waals surface area contributed by atoms with Crippen LogP contribution in [0.5, 0.6) is 0 Å². The number of halogens is 2. The molecule has 2 unspecified atom stereocenters. The van der Waals surface area contributed by atoms with Crippen molar-refractivity contribution in [3.05, 3.63) is 57.0 Å². The van der Waals surface area contributed by atoms with Crippen molar-refractivity contribution in [1.29, 1.82) is 0 Å². The summed E-state index contributed by atoms with van der Waals surface area (Å²) in [5.74, 6) is 0.427. The van der Waals surface area contributed by atoms with Crippen molar-refractivity contribution in [2.24, 2.45) is 5.92 Å². The van der Waals surface area contributed by atoms with Gasteiger partial charge in [0.15, 0.2) is 0 Å². The maximum Gasteiger partial charge on any atom is 0.123 e. The number of hydrogen-bond acceptors (Lipinski definition) is 1. The molecule has 1 fully saturated rings. The van der Waals surface area contributed by atoms with E-state index in [4.69, 9.17) is 4.74 Å². The summed E-state index contributed by atoms with van der Waals surface area (Å²) in [6, 6.07) is 8.43. The van der Waals surface area contributed by atoms with E-state index in [0.717, 1.165) is 22.0 Å². The van der Waals surface area contributed by atoms with Gasteiger partial charge in [0.1, 0.15) is 5.60 Å². The minimum atomic E-state index is -0.104. The van der Waals surface area contributed by atoms with Crippen LogP contribution in [-0.4, -0.2) is 6.61 Å². The maximum atomic E-state index is 5.80. The molecule has 1 aromatic rings. The predicted octanol–water partition coefficient (Wildman–Crippen LogP) is 4.53. The first-order chi connectivity index (χ1) is 8.21. The average molecular weight is 356 g/mol. The molecule has 17 heavy (non-hydrogen) atoms. The first-order valence-corrected chi connectivity index (χ1v) is 7.23. The SMILES string of the molecule is BrC1=CC(C2(c3cccc(Br)c3)CO2)CC=C1. The summed E-state index contributed by atoms with van der Waals surface area (Å²) in [4.78, 5) is 0. The lowest BCUT2D eigenvalue weighted by atomic mass is 9.82. The molecule has 1 aliphatic heterocycles. The number of ether oxygens (including phenoxy) is 1. The van der Waals surface area contributed by atoms with Crippen LogP contribution in [0.25, 0.3) is 0 Å². The Morgan fingerprint density at radius 3 is 2.76 bits per heavy atom. The van der Waals surface area contributed by atoms with Gasteiger partial charge in [-0.2, -0.15) is 0 Å². The van der Waals surface area contributed by atoms with Crippen LogP contribution in [0, 0.1) is 5.92 Å². The predicted molar refractivity (Wildman–Crippen MR) is 76.0 cm³/mol. The highest BCUT2D eigenvalue weighted by Gasteiger charge is 2.52. The Balaban J connectivity index is 1.94. The lowest BCUT2D eigenvalue weighted by Crippen LogP contribution is -2.21. The van der Waals surface area contributed by atoms with Crippen LogP contribution in [0.3, 0.4) is 0 Å². The van der Waals surface area contributed by atoms with Gasteiger partial charge in [0.2, 0.25) is 0 Å². The molecule has 0 aromatic heterocycles. The monoisotopic (exact) mass is 354 g/mol. The van der Waals surface area contributed by atoms with Crippen molar-refractivity contribution in [3.8, 4) is 0 Å². The zero-order chi connectivity index (χ0) is 11.9. The van der Waals surface area contributed by atoms with Gasteiger partial charge in [-0.3, -0.25) is 0 Å². The first kappa shape index (κ1) is 11.7. The summed E-state index contributed by atoms with van der Waals surface area (Å²) in [5.41, 5.74) is 1.16. The van der Waals surface area contributed by atoms with Gasteiger partial charge >= 0.3 is 0 Å². The molecule has 1 nitrogen and oxygen atoms in total. The molecular formula is C14H12Br2O. The highest BCUT2D eigenvalue weighted by Crippen LogP contribution is 2.49. The fraction of sp³-hybridized carbons (Fsp3) is 0.286. The zero-order valence-corrected chi connectivity index (χ0v) is 12.4. The number of rotatable bonds is 2. The van der Waals surface area contributed by atoms with Crippen LogP contribution in [0.15, 0.2) is 51.4 Å². The van der Waals surface area contributed by atoms with E-state index in [1.165, 1.54) is 5.56 Å². The molecule has 0 amide bonds. The molecule has 0 radical (unpaired) electrons. The van der Waals surface area contributed by atoms with Crippen molar-refractivity contribution < 1.29 is 4.74 Å². The van der Waals surface area contributed by atoms with Crippen molar-refractivity contribution in [3.63, 3.8) is 0 Å². The van der Waals surface area contributed by atoms with Gasteiger partial charge in [-0.05, 0) is 24.1 Å². The van der Waals surface area contributed by atoms with Crippen molar-refractivity contribution in [1.82, 2.24) is 0 Å². The Labute approximate surface area is 118 Å². The third-order valence-electron chi connectivity index (χ3n) is 3.40. The van der Waals surface area contributed by atoms with Gasteiger partial charge in [-0.25, -0.2) is 0 Å². The summed E-state index contributed by atoms with van der Waals surface area (Å²) in [5, 5.41) is 0. The standard InChI is InChI=1S/C14H12Br2O/c15-12-5-1-3-10(7-12)14(9-17-14)11-4-2-6-13(16)8-11/h1-3,5-8,11H,4,9H2. The number of allylic oxidation sites excluding steroid dienone is 3. The Morgan fingerprint density at radius 1 is 1.29 bits per heavy atom. The molecule has 3 rings (SSSR count). The van der Waals surface area contributed by atoms with Crippen molar-refractivity contribution in [2.75, 3.05) is 6.61 Å². The largest absolute Gasteiger partial charge is 0.364 e. The lowest BCUT2D eigenvalue weighted by Gasteiger charge is -2.23. The van der Waals surface area contributed by atoms with E-state index >= 15 is 0 Å². The fourth-order valence-electron chi connectivity index (χ4n) is 2.39. The Morgan fingerprint density at radius 2 is 2.12 bits per heavy atom. The highest BCUT2D eigenvalue weighted by molar-refractivity contribution is 9.12. The summed E-state index contributed by atoms with van der Waals surface area (Å²) < 4.78 is 8.07.